The van der Waals surface area contributed by atoms with Crippen molar-refractivity contribution in [3.8, 4) is 0 Å². The zero-order valence-corrected chi connectivity index (χ0v) is 4.88. The van der Waals surface area contributed by atoms with Crippen LogP contribution in [0.5, 0.6) is 0 Å². The third-order valence-electron chi connectivity index (χ3n) is 0.818. The van der Waals surface area contributed by atoms with E-state index < -0.39 is 29.9 Å². The summed E-state index contributed by atoms with van der Waals surface area (Å²) in [5, 5.41) is 8.57. The van der Waals surface area contributed by atoms with Gasteiger partial charge in [-0.15, -0.1) is 0 Å². The van der Waals surface area contributed by atoms with Crippen LogP contribution in [0, 0.1) is 0 Å². The monoisotopic (exact) mass is 141 g/mol. The summed E-state index contributed by atoms with van der Waals surface area (Å²) in [6, 6.07) is -0.530. The fraction of sp³-hybridized carbons (Fsp3) is 0. The van der Waals surface area contributed by atoms with Crippen molar-refractivity contribution in [2.24, 2.45) is 0 Å². The molecule has 0 atom stereocenters. The summed E-state index contributed by atoms with van der Waals surface area (Å²) in [7, 11) is 0. The quantitative estimate of drug-likeness (QED) is 0.592. The van der Waals surface area contributed by atoms with Gasteiger partial charge in [0, 0.05) is 12.3 Å². The molecule has 52 valence electrons. The van der Waals surface area contributed by atoms with Gasteiger partial charge in [0.25, 0.3) is 0 Å². The Morgan fingerprint density at radius 2 is 2.50 bits per heavy atom. The van der Waals surface area contributed by atoms with E-state index in [-0.39, 0.29) is 5.69 Å². The maximum Gasteiger partial charge on any atom is 0.337 e. The topological polar surface area (TPSA) is 76.2 Å². The lowest BCUT2D eigenvalue weighted by atomic mass is 10.3. The first kappa shape index (κ1) is 3.55. The standard InChI is InChI=1S/C6H6N2O2/c7-5-1-4(6(9)10)2-8-3-5/h1-3H,7H2,(H,9,10)/i1D,2D,3D. The summed E-state index contributed by atoms with van der Waals surface area (Å²) in [5.74, 6) is -1.44. The van der Waals surface area contributed by atoms with E-state index >= 15 is 0 Å². The number of nitrogens with zero attached hydrogens (tertiary/aromatic N) is 1. The Kier molecular flexibility index (Phi) is 0.834. The third-order valence-corrected chi connectivity index (χ3v) is 0.818. The maximum absolute atomic E-state index is 10.5. The number of carboxylic acid groups (broad SMARTS) is 1. The molecule has 0 fully saturated rings. The summed E-state index contributed by atoms with van der Waals surface area (Å²) in [6.45, 7) is 0. The number of hydrogen-bond donors (Lipinski definition) is 2. The molecule has 4 nitrogen and oxygen atoms in total. The van der Waals surface area contributed by atoms with Gasteiger partial charge in [0.05, 0.1) is 15.4 Å². The number of rotatable bonds is 1. The van der Waals surface area contributed by atoms with Gasteiger partial charge >= 0.3 is 5.97 Å². The van der Waals surface area contributed by atoms with Gasteiger partial charge in [-0.3, -0.25) is 4.98 Å². The van der Waals surface area contributed by atoms with Crippen molar-refractivity contribution in [2.75, 3.05) is 5.73 Å². The normalized spacial score (nSPS) is 13.4. The summed E-state index contributed by atoms with van der Waals surface area (Å²) < 4.78 is 21.4. The van der Waals surface area contributed by atoms with Crippen LogP contribution in [-0.2, 0) is 0 Å². The Labute approximate surface area is 61.5 Å². The van der Waals surface area contributed by atoms with E-state index in [0.717, 1.165) is 0 Å². The van der Waals surface area contributed by atoms with Crippen LogP contribution in [-0.4, -0.2) is 16.1 Å². The molecule has 0 saturated heterocycles. The number of pyridine rings is 1. The van der Waals surface area contributed by atoms with E-state index in [4.69, 9.17) is 15.0 Å². The molecule has 3 N–H and O–H groups in total. The van der Waals surface area contributed by atoms with E-state index in [0.29, 0.717) is 0 Å². The molecule has 0 aliphatic heterocycles. The molecular weight excluding hydrogens is 132 g/mol. The fourth-order valence-corrected chi connectivity index (χ4v) is 0.436. The molecule has 10 heavy (non-hydrogen) atoms. The molecule has 1 aromatic heterocycles. The van der Waals surface area contributed by atoms with Crippen molar-refractivity contribution >= 4 is 11.7 Å². The fourth-order valence-electron chi connectivity index (χ4n) is 0.436. The molecule has 0 aliphatic rings. The SMILES string of the molecule is [2H]c1nc([2H])c(C(=O)O)c([2H])c1N. The Morgan fingerprint density at radius 3 is 3.10 bits per heavy atom. The molecule has 4 heteroatoms. The maximum atomic E-state index is 10.5. The smallest absolute Gasteiger partial charge is 0.337 e. The molecule has 0 bridgehead atoms. The van der Waals surface area contributed by atoms with Crippen molar-refractivity contribution in [1.82, 2.24) is 4.98 Å². The van der Waals surface area contributed by atoms with Crippen molar-refractivity contribution in [3.05, 3.63) is 24.0 Å². The number of nitrogen functional groups attached to an aromatic ring is 1. The molecule has 1 heterocycles. The molecular formula is C6H6N2O2. The molecule has 0 unspecified atom stereocenters. The summed E-state index contributed by atoms with van der Waals surface area (Å²) in [5.41, 5.74) is 4.30. The summed E-state index contributed by atoms with van der Waals surface area (Å²) in [6.07, 6.45) is -1.06. The highest BCUT2D eigenvalue weighted by molar-refractivity contribution is 5.88. The minimum atomic E-state index is -1.44. The molecule has 1 aromatic rings. The first-order chi connectivity index (χ1) is 5.95. The van der Waals surface area contributed by atoms with Crippen LogP contribution >= 0.6 is 0 Å². The van der Waals surface area contributed by atoms with Crippen molar-refractivity contribution in [1.29, 1.82) is 0 Å². The minimum Gasteiger partial charge on any atom is -0.478 e. The van der Waals surface area contributed by atoms with Gasteiger partial charge in [0.2, 0.25) is 0 Å². The molecule has 0 radical (unpaired) electrons. The van der Waals surface area contributed by atoms with Crippen LogP contribution < -0.4 is 5.73 Å². The van der Waals surface area contributed by atoms with Gasteiger partial charge in [0.15, 0.2) is 0 Å². The van der Waals surface area contributed by atoms with Gasteiger partial charge in [0.1, 0.15) is 0 Å². The van der Waals surface area contributed by atoms with E-state index in [1.165, 1.54) is 0 Å². The highest BCUT2D eigenvalue weighted by Crippen LogP contribution is 2.02. The van der Waals surface area contributed by atoms with Crippen LogP contribution in [0.4, 0.5) is 5.69 Å². The Hall–Kier alpha value is -1.58. The van der Waals surface area contributed by atoms with Crippen LogP contribution in [0.2, 0.25) is 0 Å². The second-order valence-electron chi connectivity index (χ2n) is 1.55. The second-order valence-corrected chi connectivity index (χ2v) is 1.55. The lowest BCUT2D eigenvalue weighted by molar-refractivity contribution is 0.0696. The Balaban J connectivity index is 3.53. The van der Waals surface area contributed by atoms with E-state index in [1.807, 2.05) is 0 Å². The number of nitrogens with two attached hydrogens (primary N) is 1. The number of aromatic carboxylic acids is 1. The Bertz CT molecular complexity index is 381. The van der Waals surface area contributed by atoms with E-state index in [9.17, 15) is 4.79 Å². The van der Waals surface area contributed by atoms with Crippen molar-refractivity contribution < 1.29 is 14.0 Å². The molecule has 0 saturated carbocycles. The van der Waals surface area contributed by atoms with Gasteiger partial charge in [-0.2, -0.15) is 0 Å². The molecule has 0 spiro atoms. The van der Waals surface area contributed by atoms with Crippen LogP contribution in [0.1, 0.15) is 14.5 Å². The van der Waals surface area contributed by atoms with Gasteiger partial charge in [-0.05, 0) is 6.04 Å². The highest BCUT2D eigenvalue weighted by atomic mass is 16.4. The van der Waals surface area contributed by atoms with Crippen LogP contribution in [0.3, 0.4) is 0 Å². The number of hydrogen-bond acceptors (Lipinski definition) is 3. The van der Waals surface area contributed by atoms with Gasteiger partial charge < -0.3 is 10.8 Å². The molecule has 0 amide bonds. The first-order valence-electron chi connectivity index (χ1n) is 3.91. The van der Waals surface area contributed by atoms with E-state index in [1.54, 1.807) is 0 Å². The van der Waals surface area contributed by atoms with Gasteiger partial charge in [-0.25, -0.2) is 4.79 Å². The number of carbonyl (C=O) groups is 1. The molecule has 0 aromatic carbocycles. The summed E-state index contributed by atoms with van der Waals surface area (Å²) in [4.78, 5) is 13.8. The van der Waals surface area contributed by atoms with Gasteiger partial charge in [-0.1, -0.05) is 0 Å². The number of carboxylic acids is 1. The zero-order valence-electron chi connectivity index (χ0n) is 7.88. The zero-order chi connectivity index (χ0) is 10.2. The molecule has 0 aliphatic carbocycles. The average Bonchev–Trinajstić information content (AvgIpc) is 1.99. The largest absolute Gasteiger partial charge is 0.478 e. The van der Waals surface area contributed by atoms with Crippen LogP contribution in [0.15, 0.2) is 18.4 Å². The number of aromatic nitrogens is 1. The molecule has 1 rings (SSSR count). The third kappa shape index (κ3) is 1.22. The second kappa shape index (κ2) is 2.34. The lowest BCUT2D eigenvalue weighted by Crippen LogP contribution is -1.98. The average molecular weight is 141 g/mol. The Morgan fingerprint density at radius 1 is 1.80 bits per heavy atom. The van der Waals surface area contributed by atoms with Crippen LogP contribution in [0.25, 0.3) is 0 Å². The highest BCUT2D eigenvalue weighted by Gasteiger charge is 2.00. The first-order valence-corrected chi connectivity index (χ1v) is 2.41. The minimum absolute atomic E-state index is 0.326. The van der Waals surface area contributed by atoms with E-state index in [2.05, 4.69) is 4.98 Å². The number of anilines is 1. The predicted molar refractivity (Wildman–Crippen MR) is 35.6 cm³/mol. The van der Waals surface area contributed by atoms with Crippen molar-refractivity contribution in [3.63, 3.8) is 0 Å². The van der Waals surface area contributed by atoms with Crippen molar-refractivity contribution in [2.45, 2.75) is 0 Å². The predicted octanol–water partition coefficient (Wildman–Crippen LogP) is 0.362. The summed E-state index contributed by atoms with van der Waals surface area (Å²) >= 11 is 0. The lowest BCUT2D eigenvalue weighted by Gasteiger charge is -1.92.